The second-order valence-corrected chi connectivity index (χ2v) is 19.7. The van der Waals surface area contributed by atoms with Crippen LogP contribution in [0.1, 0.15) is 71.6 Å². The number of hydrogen-bond acceptors (Lipinski definition) is 11. The number of nitrogens with one attached hydrogen (secondary N) is 2. The molecule has 0 unspecified atom stereocenters. The van der Waals surface area contributed by atoms with Crippen molar-refractivity contribution in [2.24, 2.45) is 5.41 Å². The molecule has 9 rings (SSSR count). The first-order chi connectivity index (χ1) is 31.2. The summed E-state index contributed by atoms with van der Waals surface area (Å²) in [4.78, 5) is 37.4. The lowest BCUT2D eigenvalue weighted by Gasteiger charge is -2.39. The SMILES string of the molecule is CC1(C)CCC(CN2CCN(c3ccc(C(=O)NS(=O)(=O)c4cc5c(c([N+](=O)[O-])c4)C[C@H](c4ccc(C#N)cc4)CO5)c(Oc4cnc5[nH]ccc5c4)c3)CC2)=C(c2ccc(Cl)cc2)C1. The molecule has 4 aromatic carbocycles. The van der Waals surface area contributed by atoms with Gasteiger partial charge >= 0.3 is 0 Å². The van der Waals surface area contributed by atoms with Crippen LogP contribution in [0, 0.1) is 26.9 Å². The molecule has 1 aliphatic carbocycles. The van der Waals surface area contributed by atoms with Gasteiger partial charge in [0, 0.05) is 79.1 Å². The van der Waals surface area contributed by atoms with Crippen molar-refractivity contribution in [3.63, 3.8) is 0 Å². The van der Waals surface area contributed by atoms with Crippen molar-refractivity contribution in [2.45, 2.75) is 50.3 Å². The Balaban J connectivity index is 0.951. The van der Waals surface area contributed by atoms with Gasteiger partial charge in [-0.05, 0) is 96.3 Å². The Kier molecular flexibility index (Phi) is 11.8. The van der Waals surface area contributed by atoms with E-state index in [4.69, 9.17) is 21.1 Å². The van der Waals surface area contributed by atoms with E-state index in [1.54, 1.807) is 48.7 Å². The highest BCUT2D eigenvalue weighted by molar-refractivity contribution is 7.90. The van der Waals surface area contributed by atoms with E-state index in [0.717, 1.165) is 66.6 Å². The second-order valence-electron chi connectivity index (χ2n) is 17.6. The monoisotopic (exact) mass is 911 g/mol. The molecular weight excluding hydrogens is 866 g/mol. The van der Waals surface area contributed by atoms with Crippen LogP contribution in [-0.2, 0) is 16.4 Å². The number of allylic oxidation sites excluding steroid dienone is 1. The Labute approximate surface area is 381 Å². The molecule has 16 heteroatoms. The Bertz CT molecular complexity index is 3010. The van der Waals surface area contributed by atoms with Gasteiger partial charge in [-0.25, -0.2) is 18.1 Å². The van der Waals surface area contributed by atoms with Crippen LogP contribution in [0.2, 0.25) is 5.02 Å². The predicted molar refractivity (Wildman–Crippen MR) is 248 cm³/mol. The third kappa shape index (κ3) is 9.42. The van der Waals surface area contributed by atoms with E-state index in [0.29, 0.717) is 30.0 Å². The maximum atomic E-state index is 14.1. The van der Waals surface area contributed by atoms with Crippen molar-refractivity contribution in [1.82, 2.24) is 19.6 Å². The second kappa shape index (κ2) is 17.7. The molecular formula is C49H46ClN7O7S. The number of pyridine rings is 1. The number of benzene rings is 4. The van der Waals surface area contributed by atoms with Crippen LogP contribution in [0.15, 0.2) is 114 Å². The average Bonchev–Trinajstić information content (AvgIpc) is 3.77. The normalized spacial score (nSPS) is 17.5. The molecule has 2 aromatic heterocycles. The minimum atomic E-state index is -4.67. The first-order valence-electron chi connectivity index (χ1n) is 21.4. The number of H-pyrrole nitrogens is 1. The number of nitriles is 1. The summed E-state index contributed by atoms with van der Waals surface area (Å²) in [6, 6.07) is 27.9. The number of rotatable bonds is 11. The zero-order valence-corrected chi connectivity index (χ0v) is 37.4. The number of piperazine rings is 1. The van der Waals surface area contributed by atoms with Gasteiger partial charge < -0.3 is 19.4 Å². The van der Waals surface area contributed by atoms with Gasteiger partial charge in [0.25, 0.3) is 21.6 Å². The number of aromatic nitrogens is 2. The number of amides is 1. The first kappa shape index (κ1) is 43.5. The molecule has 0 bridgehead atoms. The van der Waals surface area contributed by atoms with Crippen LogP contribution in [0.25, 0.3) is 16.6 Å². The van der Waals surface area contributed by atoms with E-state index >= 15 is 0 Å². The summed E-state index contributed by atoms with van der Waals surface area (Å²) in [5, 5.41) is 23.1. The van der Waals surface area contributed by atoms with Gasteiger partial charge in [-0.3, -0.25) is 19.8 Å². The van der Waals surface area contributed by atoms with Crippen molar-refractivity contribution in [1.29, 1.82) is 5.26 Å². The van der Waals surface area contributed by atoms with E-state index in [-0.39, 0.29) is 47.0 Å². The van der Waals surface area contributed by atoms with Gasteiger partial charge in [-0.1, -0.05) is 55.3 Å². The molecule has 6 aromatic rings. The highest BCUT2D eigenvalue weighted by Crippen LogP contribution is 2.44. The molecule has 0 spiro atoms. The Hall–Kier alpha value is -6.73. The van der Waals surface area contributed by atoms with Gasteiger partial charge in [0.1, 0.15) is 22.9 Å². The number of nitro benzene ring substituents is 1. The molecule has 1 saturated heterocycles. The zero-order chi connectivity index (χ0) is 45.5. The van der Waals surface area contributed by atoms with Gasteiger partial charge in [0.15, 0.2) is 0 Å². The number of carbonyl (C=O) groups is 1. The molecule has 1 atom stereocenters. The number of anilines is 1. The lowest BCUT2D eigenvalue weighted by Crippen LogP contribution is -2.47. The molecule has 1 amide bonds. The van der Waals surface area contributed by atoms with Crippen molar-refractivity contribution in [2.75, 3.05) is 44.2 Å². The van der Waals surface area contributed by atoms with Crippen LogP contribution < -0.4 is 19.1 Å². The molecule has 65 heavy (non-hydrogen) atoms. The summed E-state index contributed by atoms with van der Waals surface area (Å²) in [6.07, 6.45) is 6.63. The average molecular weight is 912 g/mol. The number of nitrogens with zero attached hydrogens (tertiary/aromatic N) is 5. The number of carbonyl (C=O) groups excluding carboxylic acids is 1. The molecule has 0 saturated carbocycles. The van der Waals surface area contributed by atoms with E-state index in [2.05, 4.69) is 56.5 Å². The van der Waals surface area contributed by atoms with E-state index in [1.165, 1.54) is 35.0 Å². The van der Waals surface area contributed by atoms with Gasteiger partial charge in [-0.15, -0.1) is 0 Å². The minimum Gasteiger partial charge on any atom is -0.492 e. The van der Waals surface area contributed by atoms with Gasteiger partial charge in [0.2, 0.25) is 0 Å². The van der Waals surface area contributed by atoms with Crippen molar-refractivity contribution in [3.05, 3.63) is 152 Å². The van der Waals surface area contributed by atoms with Crippen LogP contribution in [0.5, 0.6) is 17.2 Å². The fraction of sp³-hybridized carbons (Fsp3) is 0.286. The summed E-state index contributed by atoms with van der Waals surface area (Å²) >= 11 is 6.25. The number of aromatic amines is 1. The summed E-state index contributed by atoms with van der Waals surface area (Å²) in [5.41, 5.74) is 6.75. The van der Waals surface area contributed by atoms with Crippen molar-refractivity contribution < 1.29 is 27.6 Å². The van der Waals surface area contributed by atoms with Crippen LogP contribution >= 0.6 is 11.6 Å². The zero-order valence-electron chi connectivity index (χ0n) is 35.8. The van der Waals surface area contributed by atoms with E-state index in [1.807, 2.05) is 18.2 Å². The largest absolute Gasteiger partial charge is 0.492 e. The standard InChI is InChI=1S/C49H46ClN7O7S/c1-49(2)15-13-35(43(26-49)33-7-9-37(50)10-8-33)29-55-17-19-56(20-18-55)38-11-12-41(46(23-38)64-39-21-34-14-16-52-47(34)53-28-39)48(58)54-65(61,62)40-24-44(57(59)60)42-22-36(30-63-45(42)25-40)32-5-3-31(27-51)4-6-32/h3-12,14,16,21,23-25,28,36H,13,15,17-20,22,26,29-30H2,1-2H3,(H,52,53)(H,54,58)/t36-/m0/s1. The molecule has 14 nitrogen and oxygen atoms in total. The topological polar surface area (TPSA) is 184 Å². The quantitative estimate of drug-likeness (QED) is 0.0933. The summed E-state index contributed by atoms with van der Waals surface area (Å²) in [5.74, 6) is -0.784. The highest BCUT2D eigenvalue weighted by Gasteiger charge is 2.34. The third-order valence-electron chi connectivity index (χ3n) is 12.6. The Morgan fingerprint density at radius 3 is 2.55 bits per heavy atom. The minimum absolute atomic E-state index is 0.0412. The van der Waals surface area contributed by atoms with E-state index in [9.17, 15) is 28.6 Å². The van der Waals surface area contributed by atoms with Crippen LogP contribution in [0.3, 0.4) is 0 Å². The molecule has 1 fully saturated rings. The number of halogens is 1. The molecule has 0 radical (unpaired) electrons. The van der Waals surface area contributed by atoms with Crippen molar-refractivity contribution in [3.8, 4) is 23.3 Å². The molecule has 4 heterocycles. The molecule has 2 N–H and O–H groups in total. The summed E-state index contributed by atoms with van der Waals surface area (Å²) < 4.78 is 42.3. The lowest BCUT2D eigenvalue weighted by atomic mass is 9.72. The lowest BCUT2D eigenvalue weighted by molar-refractivity contribution is -0.386. The number of ether oxygens (including phenoxy) is 2. The number of nitro groups is 1. The van der Waals surface area contributed by atoms with Gasteiger partial charge in [-0.2, -0.15) is 5.26 Å². The van der Waals surface area contributed by atoms with Crippen LogP contribution in [0.4, 0.5) is 11.4 Å². The van der Waals surface area contributed by atoms with Crippen molar-refractivity contribution >= 4 is 55.5 Å². The summed E-state index contributed by atoms with van der Waals surface area (Å²) in [7, 11) is -4.67. The molecule has 3 aliphatic rings. The number of hydrogen-bond donors (Lipinski definition) is 2. The fourth-order valence-electron chi connectivity index (χ4n) is 9.01. The maximum absolute atomic E-state index is 14.1. The van der Waals surface area contributed by atoms with Gasteiger partial charge in [0.05, 0.1) is 45.4 Å². The third-order valence-corrected chi connectivity index (χ3v) is 14.2. The molecule has 332 valence electrons. The summed E-state index contributed by atoms with van der Waals surface area (Å²) in [6.45, 7) is 8.67. The maximum Gasteiger partial charge on any atom is 0.277 e. The van der Waals surface area contributed by atoms with E-state index < -0.39 is 31.4 Å². The number of sulfonamides is 1. The predicted octanol–water partition coefficient (Wildman–Crippen LogP) is 9.41. The number of fused-ring (bicyclic) bond motifs is 2. The Morgan fingerprint density at radius 1 is 1.05 bits per heavy atom. The highest BCUT2D eigenvalue weighted by atomic mass is 35.5. The fourth-order valence-corrected chi connectivity index (χ4v) is 10.1. The smallest absolute Gasteiger partial charge is 0.277 e. The molecule has 2 aliphatic heterocycles. The Morgan fingerprint density at radius 2 is 1.82 bits per heavy atom. The van der Waals surface area contributed by atoms with Crippen LogP contribution in [-0.4, -0.2) is 73.4 Å². The first-order valence-corrected chi connectivity index (χ1v) is 23.3.